The standard InChI is InChI=1S/C19H15BrF2N2O4S/c1-26-14-7-10(8-15(27-2)16(14)20)17(25)24-19-23-12(9-29-19)11-5-3-4-6-13(11)28-18(21)22/h3-9,18H,1-2H3,(H,23,24,25). The van der Waals surface area contributed by atoms with E-state index in [9.17, 15) is 13.6 Å². The van der Waals surface area contributed by atoms with Crippen molar-refractivity contribution in [2.75, 3.05) is 19.5 Å². The van der Waals surface area contributed by atoms with Crippen molar-refractivity contribution in [2.24, 2.45) is 0 Å². The Kier molecular flexibility index (Phi) is 6.65. The van der Waals surface area contributed by atoms with Crippen LogP contribution >= 0.6 is 27.3 Å². The number of thiazole rings is 1. The van der Waals surface area contributed by atoms with Crippen LogP contribution in [0.5, 0.6) is 17.2 Å². The Balaban J connectivity index is 1.84. The molecule has 0 fully saturated rings. The van der Waals surface area contributed by atoms with E-state index in [-0.39, 0.29) is 5.75 Å². The molecule has 0 unspecified atom stereocenters. The van der Waals surface area contributed by atoms with Crippen LogP contribution in [-0.4, -0.2) is 31.7 Å². The maximum Gasteiger partial charge on any atom is 0.387 e. The predicted octanol–water partition coefficient (Wildman–Crippen LogP) is 5.44. The number of methoxy groups -OCH3 is 2. The summed E-state index contributed by atoms with van der Waals surface area (Å²) in [5.41, 5.74) is 1.11. The van der Waals surface area contributed by atoms with Crippen molar-refractivity contribution in [2.45, 2.75) is 6.61 Å². The Labute approximate surface area is 177 Å². The molecule has 1 heterocycles. The number of nitrogens with one attached hydrogen (secondary N) is 1. The second-order valence-corrected chi connectivity index (χ2v) is 7.21. The summed E-state index contributed by atoms with van der Waals surface area (Å²) in [7, 11) is 2.96. The van der Waals surface area contributed by atoms with Gasteiger partial charge < -0.3 is 14.2 Å². The van der Waals surface area contributed by atoms with Gasteiger partial charge in [-0.1, -0.05) is 12.1 Å². The smallest absolute Gasteiger partial charge is 0.387 e. The quantitative estimate of drug-likeness (QED) is 0.483. The minimum atomic E-state index is -2.95. The highest BCUT2D eigenvalue weighted by Crippen LogP contribution is 2.36. The second-order valence-electron chi connectivity index (χ2n) is 5.56. The molecule has 2 aromatic carbocycles. The van der Waals surface area contributed by atoms with E-state index in [1.165, 1.54) is 20.3 Å². The Hall–Kier alpha value is -2.72. The van der Waals surface area contributed by atoms with Gasteiger partial charge in [0.1, 0.15) is 21.7 Å². The van der Waals surface area contributed by atoms with Gasteiger partial charge in [0.2, 0.25) is 0 Å². The summed E-state index contributed by atoms with van der Waals surface area (Å²) in [6.07, 6.45) is 0. The number of alkyl halides is 2. The van der Waals surface area contributed by atoms with Gasteiger partial charge in [0.15, 0.2) is 5.13 Å². The Morgan fingerprint density at radius 3 is 2.41 bits per heavy atom. The molecule has 152 valence electrons. The first-order valence-electron chi connectivity index (χ1n) is 8.15. The summed E-state index contributed by atoms with van der Waals surface area (Å²) >= 11 is 4.51. The van der Waals surface area contributed by atoms with Gasteiger partial charge in [-0.3, -0.25) is 10.1 Å². The average Bonchev–Trinajstić information content (AvgIpc) is 3.16. The highest BCUT2D eigenvalue weighted by Gasteiger charge is 2.17. The molecular weight excluding hydrogens is 470 g/mol. The van der Waals surface area contributed by atoms with Gasteiger partial charge in [-0.2, -0.15) is 8.78 Å². The monoisotopic (exact) mass is 484 g/mol. The molecule has 3 aromatic rings. The fraction of sp³-hybridized carbons (Fsp3) is 0.158. The van der Waals surface area contributed by atoms with Crippen molar-refractivity contribution in [3.05, 3.63) is 51.8 Å². The fourth-order valence-electron chi connectivity index (χ4n) is 2.50. The number of amides is 1. The predicted molar refractivity (Wildman–Crippen MR) is 109 cm³/mol. The first-order chi connectivity index (χ1) is 13.9. The molecule has 10 heteroatoms. The van der Waals surface area contributed by atoms with Crippen molar-refractivity contribution < 1.29 is 27.8 Å². The molecule has 0 atom stereocenters. The Morgan fingerprint density at radius 1 is 1.14 bits per heavy atom. The number of hydrogen-bond donors (Lipinski definition) is 1. The molecule has 1 amide bonds. The molecular formula is C19H15BrF2N2O4S. The number of anilines is 1. The minimum Gasteiger partial charge on any atom is -0.495 e. The molecule has 6 nitrogen and oxygen atoms in total. The van der Waals surface area contributed by atoms with E-state index < -0.39 is 12.5 Å². The van der Waals surface area contributed by atoms with Crippen molar-refractivity contribution in [3.8, 4) is 28.5 Å². The summed E-state index contributed by atoms with van der Waals surface area (Å²) in [5.74, 6) is 0.458. The molecule has 0 spiro atoms. The van der Waals surface area contributed by atoms with Gasteiger partial charge in [0.25, 0.3) is 5.91 Å². The Morgan fingerprint density at radius 2 is 1.79 bits per heavy atom. The van der Waals surface area contributed by atoms with E-state index in [1.54, 1.807) is 35.7 Å². The molecule has 0 bridgehead atoms. The molecule has 0 radical (unpaired) electrons. The van der Waals surface area contributed by atoms with E-state index >= 15 is 0 Å². The number of halogens is 3. The molecule has 0 aliphatic rings. The van der Waals surface area contributed by atoms with E-state index in [2.05, 4.69) is 31.0 Å². The second kappa shape index (κ2) is 9.19. The normalized spacial score (nSPS) is 10.7. The van der Waals surface area contributed by atoms with Gasteiger partial charge in [-0.25, -0.2) is 4.98 Å². The number of hydrogen-bond acceptors (Lipinski definition) is 6. The summed E-state index contributed by atoms with van der Waals surface area (Å²) < 4.78 is 40.8. The molecule has 29 heavy (non-hydrogen) atoms. The summed E-state index contributed by atoms with van der Waals surface area (Å²) in [5, 5.41) is 4.63. The number of rotatable bonds is 7. The average molecular weight is 485 g/mol. The number of nitrogens with zero attached hydrogens (tertiary/aromatic N) is 1. The fourth-order valence-corrected chi connectivity index (χ4v) is 3.76. The lowest BCUT2D eigenvalue weighted by atomic mass is 10.1. The first kappa shape index (κ1) is 21.0. The molecule has 1 aromatic heterocycles. The van der Waals surface area contributed by atoms with Crippen LogP contribution < -0.4 is 19.5 Å². The van der Waals surface area contributed by atoms with Crippen LogP contribution in [0.4, 0.5) is 13.9 Å². The third-order valence-corrected chi connectivity index (χ3v) is 5.35. The van der Waals surface area contributed by atoms with Gasteiger partial charge in [-0.15, -0.1) is 11.3 Å². The van der Waals surface area contributed by atoms with E-state index in [0.717, 1.165) is 11.3 Å². The number of benzene rings is 2. The van der Waals surface area contributed by atoms with Crippen LogP contribution in [0.15, 0.2) is 46.3 Å². The molecule has 0 aliphatic heterocycles. The van der Waals surface area contributed by atoms with E-state index in [4.69, 9.17) is 9.47 Å². The molecule has 0 aliphatic carbocycles. The third kappa shape index (κ3) is 4.83. The van der Waals surface area contributed by atoms with Gasteiger partial charge in [0, 0.05) is 16.5 Å². The van der Waals surface area contributed by atoms with E-state index in [1.807, 2.05) is 0 Å². The Bertz CT molecular complexity index is 1000. The minimum absolute atomic E-state index is 0.00746. The zero-order valence-corrected chi connectivity index (χ0v) is 17.6. The molecule has 1 N–H and O–H groups in total. The molecule has 0 saturated carbocycles. The van der Waals surface area contributed by atoms with Crippen LogP contribution in [0.25, 0.3) is 11.3 Å². The molecule has 0 saturated heterocycles. The van der Waals surface area contributed by atoms with Crippen LogP contribution in [-0.2, 0) is 0 Å². The highest BCUT2D eigenvalue weighted by atomic mass is 79.9. The van der Waals surface area contributed by atoms with Gasteiger partial charge >= 0.3 is 6.61 Å². The van der Waals surface area contributed by atoms with Crippen LogP contribution in [0, 0.1) is 0 Å². The lowest BCUT2D eigenvalue weighted by molar-refractivity contribution is -0.0494. The zero-order chi connectivity index (χ0) is 21.0. The summed E-state index contributed by atoms with van der Waals surface area (Å²) in [6.45, 7) is -2.95. The van der Waals surface area contributed by atoms with Crippen LogP contribution in [0.1, 0.15) is 10.4 Å². The first-order valence-corrected chi connectivity index (χ1v) is 9.82. The van der Waals surface area contributed by atoms with Gasteiger partial charge in [0.05, 0.1) is 19.9 Å². The lowest BCUT2D eigenvalue weighted by Crippen LogP contribution is -2.12. The van der Waals surface area contributed by atoms with Crippen molar-refractivity contribution in [3.63, 3.8) is 0 Å². The van der Waals surface area contributed by atoms with Crippen molar-refractivity contribution >= 4 is 38.3 Å². The van der Waals surface area contributed by atoms with Crippen LogP contribution in [0.3, 0.4) is 0 Å². The highest BCUT2D eigenvalue weighted by molar-refractivity contribution is 9.10. The SMILES string of the molecule is COc1cc(C(=O)Nc2nc(-c3ccccc3OC(F)F)cs2)cc(OC)c1Br. The van der Waals surface area contributed by atoms with E-state index in [0.29, 0.717) is 37.9 Å². The maximum atomic E-state index is 12.6. The van der Waals surface area contributed by atoms with Gasteiger partial charge in [-0.05, 0) is 40.2 Å². The lowest BCUT2D eigenvalue weighted by Gasteiger charge is -2.11. The van der Waals surface area contributed by atoms with Crippen molar-refractivity contribution in [1.29, 1.82) is 0 Å². The number of carbonyl (C=O) groups excluding carboxylic acids is 1. The number of ether oxygens (including phenoxy) is 3. The number of aromatic nitrogens is 1. The largest absolute Gasteiger partial charge is 0.495 e. The topological polar surface area (TPSA) is 69.7 Å². The third-order valence-electron chi connectivity index (χ3n) is 3.81. The number of para-hydroxylation sites is 1. The maximum absolute atomic E-state index is 12.6. The summed E-state index contributed by atoms with van der Waals surface area (Å²) in [4.78, 5) is 16.9. The summed E-state index contributed by atoms with van der Waals surface area (Å²) in [6, 6.07) is 9.43. The molecule has 3 rings (SSSR count). The van der Waals surface area contributed by atoms with Crippen LogP contribution in [0.2, 0.25) is 0 Å². The van der Waals surface area contributed by atoms with Crippen molar-refractivity contribution in [1.82, 2.24) is 4.98 Å². The number of carbonyl (C=O) groups is 1. The zero-order valence-electron chi connectivity index (χ0n) is 15.2.